The van der Waals surface area contributed by atoms with Gasteiger partial charge in [-0.05, 0) is 37.0 Å². The summed E-state index contributed by atoms with van der Waals surface area (Å²) in [6.07, 6.45) is 1.55. The van der Waals surface area contributed by atoms with Gasteiger partial charge in [0, 0.05) is 5.39 Å². The number of rotatable bonds is 10. The maximum absolute atomic E-state index is 11.8. The fraction of sp³-hybridized carbons (Fsp3) is 0.273. The highest BCUT2D eigenvalue weighted by Crippen LogP contribution is 2.38. The number of carbonyl (C=O) groups is 1. The molecule has 0 radical (unpaired) electrons. The van der Waals surface area contributed by atoms with Crippen LogP contribution in [0.5, 0.6) is 0 Å². The van der Waals surface area contributed by atoms with Crippen molar-refractivity contribution in [1.82, 2.24) is 4.98 Å². The second-order valence-electron chi connectivity index (χ2n) is 6.93. The average Bonchev–Trinajstić information content (AvgIpc) is 2.75. The van der Waals surface area contributed by atoms with Crippen molar-refractivity contribution < 1.29 is 19.6 Å². The topological polar surface area (TPSA) is 87.5 Å². The number of hydrogen-bond donors (Lipinski definition) is 2. The number of pyridine rings is 1. The van der Waals surface area contributed by atoms with Gasteiger partial charge in [-0.3, -0.25) is 4.79 Å². The molecule has 3 atom stereocenters. The van der Waals surface area contributed by atoms with E-state index in [9.17, 15) is 19.6 Å². The summed E-state index contributed by atoms with van der Waals surface area (Å²) in [6, 6.07) is 21.2. The monoisotopic (exact) mass is 428 g/mol. The van der Waals surface area contributed by atoms with E-state index < -0.39 is 25.7 Å². The second kappa shape index (κ2) is 9.97. The van der Waals surface area contributed by atoms with E-state index in [2.05, 4.69) is 4.98 Å². The predicted molar refractivity (Wildman–Crippen MR) is 117 cm³/mol. The van der Waals surface area contributed by atoms with Crippen LogP contribution in [0.2, 0.25) is 0 Å². The van der Waals surface area contributed by atoms with Crippen molar-refractivity contribution in [3.05, 3.63) is 72.3 Å². The zero-order valence-corrected chi connectivity index (χ0v) is 17.6. The third kappa shape index (κ3) is 5.63. The lowest BCUT2D eigenvalue weighted by atomic mass is 9.95. The molecule has 0 aliphatic carbocycles. The molecule has 0 aliphatic heterocycles. The average molecular weight is 428 g/mol. The van der Waals surface area contributed by atoms with Gasteiger partial charge in [0.15, 0.2) is 0 Å². The number of para-hydroxylation sites is 1. The third-order valence-electron chi connectivity index (χ3n) is 4.87. The number of benzene rings is 2. The minimum absolute atomic E-state index is 0.00257. The Morgan fingerprint density at radius 3 is 2.52 bits per heavy atom. The van der Waals surface area contributed by atoms with Crippen molar-refractivity contribution in [2.24, 2.45) is 5.92 Å². The van der Waals surface area contributed by atoms with E-state index in [4.69, 9.17) is 0 Å². The van der Waals surface area contributed by atoms with E-state index in [1.807, 2.05) is 66.7 Å². The molecule has 7 heteroatoms. The van der Waals surface area contributed by atoms with Crippen LogP contribution in [0.15, 0.2) is 71.8 Å². The zero-order chi connectivity index (χ0) is 20.7. The molecule has 3 rings (SSSR count). The molecule has 1 aromatic heterocycles. The Bertz CT molecular complexity index is 985. The first-order valence-corrected chi connectivity index (χ1v) is 11.3. The molecule has 3 aromatic rings. The van der Waals surface area contributed by atoms with Crippen LogP contribution in [-0.2, 0) is 15.8 Å². The first-order chi connectivity index (χ1) is 14.0. The number of aliphatic carboxylic acids is 1. The summed E-state index contributed by atoms with van der Waals surface area (Å²) in [5, 5.41) is 20.4. The summed E-state index contributed by atoms with van der Waals surface area (Å²) in [5.41, 5.74) is 1.93. The van der Waals surface area contributed by atoms with E-state index in [1.165, 1.54) is 11.8 Å². The van der Waals surface area contributed by atoms with Crippen LogP contribution in [0.1, 0.15) is 18.4 Å². The summed E-state index contributed by atoms with van der Waals surface area (Å²) < 4.78 is 11.8. The Morgan fingerprint density at radius 1 is 1.07 bits per heavy atom. The highest BCUT2D eigenvalue weighted by molar-refractivity contribution is 7.99. The maximum atomic E-state index is 11.8. The molecule has 0 amide bonds. The number of carboxylic acid groups (broad SMARTS) is 1. The molecule has 3 unspecified atom stereocenters. The number of thioether (sulfide) groups is 1. The molecule has 0 spiro atoms. The highest BCUT2D eigenvalue weighted by Gasteiger charge is 2.49. The molecule has 150 valence electrons. The van der Waals surface area contributed by atoms with Crippen LogP contribution in [0.25, 0.3) is 10.9 Å². The zero-order valence-electron chi connectivity index (χ0n) is 15.8. The number of nitrogens with zero attached hydrogens (tertiary/aromatic N) is 1. The summed E-state index contributed by atoms with van der Waals surface area (Å²) >= 11 is 1.22. The lowest BCUT2D eigenvalue weighted by Gasteiger charge is -2.22. The Kier molecular flexibility index (Phi) is 7.37. The number of aryl methyl sites for hydroxylation is 1. The summed E-state index contributed by atoms with van der Waals surface area (Å²) in [7, 11) is -1.14. The molecule has 5 nitrogen and oxygen atoms in total. The van der Waals surface area contributed by atoms with Gasteiger partial charge in [0.25, 0.3) is 5.34 Å². The van der Waals surface area contributed by atoms with Gasteiger partial charge in [-0.1, -0.05) is 70.9 Å². The minimum Gasteiger partial charge on any atom is -0.481 e. The summed E-state index contributed by atoms with van der Waals surface area (Å²) in [5.74, 6) is -2.23. The fourth-order valence-electron chi connectivity index (χ4n) is 3.23. The lowest BCUT2D eigenvalue weighted by molar-refractivity contribution is -0.146. The molecule has 2 N–H and O–H groups in total. The predicted octanol–water partition coefficient (Wildman–Crippen LogP) is 4.76. The van der Waals surface area contributed by atoms with Crippen LogP contribution < -0.4 is 0 Å². The van der Waals surface area contributed by atoms with Crippen molar-refractivity contribution in [3.8, 4) is 0 Å². The Hall–Kier alpha value is -2.27. The fourth-order valence-corrected chi connectivity index (χ4v) is 4.99. The van der Waals surface area contributed by atoms with E-state index >= 15 is 0 Å². The van der Waals surface area contributed by atoms with Crippen molar-refractivity contribution in [2.45, 2.75) is 29.6 Å². The molecular formula is C22H23NO4PS+. The van der Waals surface area contributed by atoms with E-state index in [0.29, 0.717) is 17.9 Å². The third-order valence-corrected chi connectivity index (χ3v) is 7.11. The molecule has 1 heterocycles. The first kappa shape index (κ1) is 21.4. The van der Waals surface area contributed by atoms with E-state index in [1.54, 1.807) is 0 Å². The summed E-state index contributed by atoms with van der Waals surface area (Å²) in [6.45, 7) is 0. The van der Waals surface area contributed by atoms with Gasteiger partial charge in [-0.2, -0.15) is 0 Å². The number of aliphatic hydroxyl groups is 1. The Balaban J connectivity index is 1.66. The van der Waals surface area contributed by atoms with Crippen molar-refractivity contribution >= 4 is 37.1 Å². The SMILES string of the molecule is O=[PH+]C(O)(CSc1ccc2ccccc2n1)C(CCCc1ccccc1)C(=O)O. The number of fused-ring (bicyclic) bond motifs is 1. The molecule has 0 saturated heterocycles. The molecule has 29 heavy (non-hydrogen) atoms. The molecule has 2 aromatic carbocycles. The molecule has 0 fully saturated rings. The van der Waals surface area contributed by atoms with Gasteiger partial charge < -0.3 is 10.2 Å². The first-order valence-electron chi connectivity index (χ1n) is 9.39. The quantitative estimate of drug-likeness (QED) is 0.358. The van der Waals surface area contributed by atoms with Gasteiger partial charge >= 0.3 is 14.4 Å². The largest absolute Gasteiger partial charge is 0.481 e. The molecule has 0 aliphatic rings. The van der Waals surface area contributed by atoms with Gasteiger partial charge in [0.1, 0.15) is 5.92 Å². The molecule has 0 bridgehead atoms. The van der Waals surface area contributed by atoms with Crippen LogP contribution >= 0.6 is 20.2 Å². The van der Waals surface area contributed by atoms with Crippen LogP contribution in [0, 0.1) is 5.92 Å². The van der Waals surface area contributed by atoms with Crippen molar-refractivity contribution in [2.75, 3.05) is 5.75 Å². The van der Waals surface area contributed by atoms with Crippen LogP contribution in [0.4, 0.5) is 0 Å². The van der Waals surface area contributed by atoms with Crippen molar-refractivity contribution in [3.63, 3.8) is 0 Å². The highest BCUT2D eigenvalue weighted by atomic mass is 32.2. The number of aromatic nitrogens is 1. The smallest absolute Gasteiger partial charge is 0.361 e. The van der Waals surface area contributed by atoms with E-state index in [-0.39, 0.29) is 12.2 Å². The van der Waals surface area contributed by atoms with Gasteiger partial charge in [-0.25, -0.2) is 4.98 Å². The summed E-state index contributed by atoms with van der Waals surface area (Å²) in [4.78, 5) is 16.3. The van der Waals surface area contributed by atoms with Gasteiger partial charge in [-0.15, -0.1) is 0 Å². The maximum Gasteiger partial charge on any atom is 0.361 e. The number of carboxylic acids is 1. The Morgan fingerprint density at radius 2 is 1.79 bits per heavy atom. The van der Waals surface area contributed by atoms with Gasteiger partial charge in [0.2, 0.25) is 0 Å². The van der Waals surface area contributed by atoms with Crippen LogP contribution in [0.3, 0.4) is 0 Å². The van der Waals surface area contributed by atoms with Gasteiger partial charge in [0.05, 0.1) is 16.3 Å². The minimum atomic E-state index is -1.81. The number of hydrogen-bond acceptors (Lipinski definition) is 5. The second-order valence-corrected chi connectivity index (χ2v) is 8.99. The van der Waals surface area contributed by atoms with E-state index in [0.717, 1.165) is 16.5 Å². The molecular weight excluding hydrogens is 405 g/mol. The molecule has 0 saturated carbocycles. The van der Waals surface area contributed by atoms with Crippen LogP contribution in [-0.4, -0.2) is 32.3 Å². The van der Waals surface area contributed by atoms with Crippen molar-refractivity contribution in [1.29, 1.82) is 0 Å². The normalized spacial score (nSPS) is 14.5. The Labute approximate surface area is 175 Å². The lowest BCUT2D eigenvalue weighted by Crippen LogP contribution is -2.40. The standard InChI is InChI=1S/C22H22NO4PS/c24-21(25)18(11-6-9-16-7-2-1-3-8-16)22(26,28-27)15-29-20-14-13-17-10-4-5-12-19(17)23-20/h1-5,7-8,10,12-14,18,26H,6,9,11,15H2,(H,24,25)/p+1.